The molecule has 15 heavy (non-hydrogen) atoms. The molecular weight excluding hydrogens is 235 g/mol. The second-order valence-electron chi connectivity index (χ2n) is 2.93. The van der Waals surface area contributed by atoms with Gasteiger partial charge in [0.1, 0.15) is 5.69 Å². The van der Waals surface area contributed by atoms with E-state index in [1.807, 2.05) is 6.07 Å². The Kier molecular flexibility index (Phi) is 2.95. The van der Waals surface area contributed by atoms with Gasteiger partial charge in [0.2, 0.25) is 0 Å². The van der Waals surface area contributed by atoms with Gasteiger partial charge in [0.15, 0.2) is 12.2 Å². The SMILES string of the molecule is NCc1ncoc1-c1cccc(Cl)c1Cl. The van der Waals surface area contributed by atoms with Crippen molar-refractivity contribution >= 4 is 23.2 Å². The first-order valence-corrected chi connectivity index (χ1v) is 5.06. The molecule has 0 spiro atoms. The molecule has 0 atom stereocenters. The normalized spacial score (nSPS) is 10.6. The van der Waals surface area contributed by atoms with Crippen molar-refractivity contribution in [3.63, 3.8) is 0 Å². The molecule has 3 nitrogen and oxygen atoms in total. The molecule has 2 rings (SSSR count). The van der Waals surface area contributed by atoms with Gasteiger partial charge in [-0.1, -0.05) is 29.3 Å². The van der Waals surface area contributed by atoms with Crippen molar-refractivity contribution in [2.24, 2.45) is 5.73 Å². The average Bonchev–Trinajstić information content (AvgIpc) is 2.70. The first kappa shape index (κ1) is 10.5. The molecule has 0 radical (unpaired) electrons. The van der Waals surface area contributed by atoms with E-state index in [0.29, 0.717) is 33.6 Å². The van der Waals surface area contributed by atoms with Crippen molar-refractivity contribution in [2.75, 3.05) is 0 Å². The lowest BCUT2D eigenvalue weighted by Gasteiger charge is -2.03. The van der Waals surface area contributed by atoms with Crippen molar-refractivity contribution in [1.29, 1.82) is 0 Å². The molecule has 5 heteroatoms. The topological polar surface area (TPSA) is 52.0 Å². The number of hydrogen-bond donors (Lipinski definition) is 1. The summed E-state index contributed by atoms with van der Waals surface area (Å²) in [6.45, 7) is 0.300. The van der Waals surface area contributed by atoms with Gasteiger partial charge in [-0.2, -0.15) is 0 Å². The van der Waals surface area contributed by atoms with Crippen molar-refractivity contribution < 1.29 is 4.42 Å². The largest absolute Gasteiger partial charge is 0.443 e. The van der Waals surface area contributed by atoms with Crippen LogP contribution in [0.5, 0.6) is 0 Å². The predicted octanol–water partition coefficient (Wildman–Crippen LogP) is 3.11. The zero-order chi connectivity index (χ0) is 10.8. The van der Waals surface area contributed by atoms with Crippen LogP contribution in [0.2, 0.25) is 10.0 Å². The highest BCUT2D eigenvalue weighted by molar-refractivity contribution is 6.43. The molecule has 0 aliphatic carbocycles. The van der Waals surface area contributed by atoms with E-state index in [4.69, 9.17) is 33.4 Å². The molecule has 0 unspecified atom stereocenters. The Hall–Kier alpha value is -1.03. The second kappa shape index (κ2) is 4.23. The maximum absolute atomic E-state index is 6.05. The van der Waals surface area contributed by atoms with Crippen LogP contribution in [0.25, 0.3) is 11.3 Å². The van der Waals surface area contributed by atoms with E-state index in [1.165, 1.54) is 6.39 Å². The van der Waals surface area contributed by atoms with Crippen LogP contribution in [0.4, 0.5) is 0 Å². The summed E-state index contributed by atoms with van der Waals surface area (Å²) in [5, 5.41) is 0.930. The summed E-state index contributed by atoms with van der Waals surface area (Å²) in [4.78, 5) is 3.99. The van der Waals surface area contributed by atoms with Crippen LogP contribution in [-0.2, 0) is 6.54 Å². The Balaban J connectivity index is 2.59. The maximum atomic E-state index is 6.05. The van der Waals surface area contributed by atoms with Crippen LogP contribution < -0.4 is 5.73 Å². The van der Waals surface area contributed by atoms with Gasteiger partial charge in [-0.3, -0.25) is 0 Å². The Labute approximate surface area is 96.8 Å². The Morgan fingerprint density at radius 1 is 1.33 bits per heavy atom. The van der Waals surface area contributed by atoms with Crippen LogP contribution in [0.3, 0.4) is 0 Å². The summed E-state index contributed by atoms with van der Waals surface area (Å²) in [6, 6.07) is 5.33. The first-order valence-electron chi connectivity index (χ1n) is 4.31. The Morgan fingerprint density at radius 2 is 2.13 bits per heavy atom. The van der Waals surface area contributed by atoms with Gasteiger partial charge < -0.3 is 10.2 Å². The smallest absolute Gasteiger partial charge is 0.181 e. The number of aromatic nitrogens is 1. The van der Waals surface area contributed by atoms with E-state index in [9.17, 15) is 0 Å². The van der Waals surface area contributed by atoms with Crippen molar-refractivity contribution in [3.05, 3.63) is 40.3 Å². The molecule has 0 saturated carbocycles. The molecule has 2 aromatic rings. The number of hydrogen-bond acceptors (Lipinski definition) is 3. The number of nitrogens with zero attached hydrogens (tertiary/aromatic N) is 1. The van der Waals surface area contributed by atoms with E-state index >= 15 is 0 Å². The van der Waals surface area contributed by atoms with Crippen LogP contribution in [0, 0.1) is 0 Å². The van der Waals surface area contributed by atoms with Gasteiger partial charge in [0, 0.05) is 12.1 Å². The van der Waals surface area contributed by atoms with Crippen LogP contribution in [-0.4, -0.2) is 4.98 Å². The Bertz CT molecular complexity index is 482. The van der Waals surface area contributed by atoms with Crippen LogP contribution in [0.15, 0.2) is 29.0 Å². The number of nitrogens with two attached hydrogens (primary N) is 1. The monoisotopic (exact) mass is 242 g/mol. The molecular formula is C10H8Cl2N2O. The predicted molar refractivity (Wildman–Crippen MR) is 59.9 cm³/mol. The lowest BCUT2D eigenvalue weighted by molar-refractivity contribution is 0.571. The third kappa shape index (κ3) is 1.86. The minimum absolute atomic E-state index is 0.300. The fraction of sp³-hybridized carbons (Fsp3) is 0.100. The molecule has 0 saturated heterocycles. The van der Waals surface area contributed by atoms with Gasteiger partial charge in [0.05, 0.1) is 10.0 Å². The number of oxazole rings is 1. The summed E-state index contributed by atoms with van der Waals surface area (Å²) in [5.74, 6) is 0.574. The molecule has 1 aromatic carbocycles. The molecule has 78 valence electrons. The molecule has 2 N–H and O–H groups in total. The molecule has 0 amide bonds. The van der Waals surface area contributed by atoms with Gasteiger partial charge in [-0.05, 0) is 12.1 Å². The molecule has 0 aliphatic heterocycles. The summed E-state index contributed by atoms with van der Waals surface area (Å²) >= 11 is 12.0. The van der Waals surface area contributed by atoms with Gasteiger partial charge in [-0.15, -0.1) is 0 Å². The minimum Gasteiger partial charge on any atom is -0.443 e. The van der Waals surface area contributed by atoms with Crippen molar-refractivity contribution in [3.8, 4) is 11.3 Å². The molecule has 0 aliphatic rings. The third-order valence-electron chi connectivity index (χ3n) is 2.03. The fourth-order valence-corrected chi connectivity index (χ4v) is 1.70. The molecule has 0 fully saturated rings. The molecule has 0 bridgehead atoms. The summed E-state index contributed by atoms with van der Waals surface area (Å²) in [6.07, 6.45) is 1.34. The van der Waals surface area contributed by atoms with Gasteiger partial charge >= 0.3 is 0 Å². The van der Waals surface area contributed by atoms with Crippen molar-refractivity contribution in [1.82, 2.24) is 4.98 Å². The summed E-state index contributed by atoms with van der Waals surface area (Å²) in [7, 11) is 0. The highest BCUT2D eigenvalue weighted by atomic mass is 35.5. The highest BCUT2D eigenvalue weighted by Crippen LogP contribution is 2.34. The molecule has 1 heterocycles. The number of halogens is 2. The second-order valence-corrected chi connectivity index (χ2v) is 3.72. The number of benzene rings is 1. The first-order chi connectivity index (χ1) is 7.24. The van der Waals surface area contributed by atoms with Crippen LogP contribution in [0.1, 0.15) is 5.69 Å². The lowest BCUT2D eigenvalue weighted by atomic mass is 10.1. The van der Waals surface area contributed by atoms with E-state index < -0.39 is 0 Å². The van der Waals surface area contributed by atoms with Crippen molar-refractivity contribution in [2.45, 2.75) is 6.54 Å². The van der Waals surface area contributed by atoms with E-state index in [0.717, 1.165) is 0 Å². The summed E-state index contributed by atoms with van der Waals surface area (Å²) < 4.78 is 5.24. The fourth-order valence-electron chi connectivity index (χ4n) is 1.31. The molecule has 1 aromatic heterocycles. The zero-order valence-corrected chi connectivity index (χ0v) is 9.22. The lowest BCUT2D eigenvalue weighted by Crippen LogP contribution is -1.98. The quantitative estimate of drug-likeness (QED) is 0.881. The Morgan fingerprint density at radius 3 is 2.87 bits per heavy atom. The van der Waals surface area contributed by atoms with E-state index in [-0.39, 0.29) is 0 Å². The zero-order valence-electron chi connectivity index (χ0n) is 7.71. The van der Waals surface area contributed by atoms with Gasteiger partial charge in [0.25, 0.3) is 0 Å². The highest BCUT2D eigenvalue weighted by Gasteiger charge is 2.14. The van der Waals surface area contributed by atoms with E-state index in [1.54, 1.807) is 12.1 Å². The van der Waals surface area contributed by atoms with Crippen LogP contribution >= 0.6 is 23.2 Å². The van der Waals surface area contributed by atoms with E-state index in [2.05, 4.69) is 4.98 Å². The van der Waals surface area contributed by atoms with Gasteiger partial charge in [-0.25, -0.2) is 4.98 Å². The standard InChI is InChI=1S/C10H8Cl2N2O/c11-7-3-1-2-6(9(7)12)10-8(4-13)14-5-15-10/h1-3,5H,4,13H2. The summed E-state index contributed by atoms with van der Waals surface area (Å²) in [5.41, 5.74) is 6.90. The number of rotatable bonds is 2. The minimum atomic E-state index is 0.300. The maximum Gasteiger partial charge on any atom is 0.181 e. The third-order valence-corrected chi connectivity index (χ3v) is 2.85. The average molecular weight is 243 g/mol.